The quantitative estimate of drug-likeness (QED) is 0.873. The van der Waals surface area contributed by atoms with Gasteiger partial charge in [-0.2, -0.15) is 8.42 Å². The summed E-state index contributed by atoms with van der Waals surface area (Å²) in [6, 6.07) is 7.18. The van der Waals surface area contributed by atoms with Crippen LogP contribution in [0.5, 0.6) is 0 Å². The maximum absolute atomic E-state index is 12.4. The molecular weight excluding hydrogens is 286 g/mol. The van der Waals surface area contributed by atoms with Crippen molar-refractivity contribution in [1.29, 1.82) is 0 Å². The molecule has 0 N–H and O–H groups in total. The predicted molar refractivity (Wildman–Crippen MR) is 75.0 cm³/mol. The Morgan fingerprint density at radius 2 is 1.84 bits per heavy atom. The van der Waals surface area contributed by atoms with Gasteiger partial charge < -0.3 is 4.57 Å². The van der Waals surface area contributed by atoms with Gasteiger partial charge in [-0.3, -0.25) is 4.31 Å². The SMILES string of the molecule is Cc1ccc(N(C)S(=O)(=O)c2ncn(C)c2Cl)cc1. The van der Waals surface area contributed by atoms with Gasteiger partial charge in [-0.15, -0.1) is 0 Å². The summed E-state index contributed by atoms with van der Waals surface area (Å²) in [5.74, 6) is 0. The van der Waals surface area contributed by atoms with E-state index in [9.17, 15) is 8.42 Å². The molecule has 2 aromatic rings. The summed E-state index contributed by atoms with van der Waals surface area (Å²) in [4.78, 5) is 3.85. The van der Waals surface area contributed by atoms with E-state index in [1.807, 2.05) is 19.1 Å². The Morgan fingerprint density at radius 3 is 2.32 bits per heavy atom. The maximum Gasteiger partial charge on any atom is 0.284 e. The van der Waals surface area contributed by atoms with E-state index in [0.29, 0.717) is 5.69 Å². The number of hydrogen-bond donors (Lipinski definition) is 0. The zero-order valence-electron chi connectivity index (χ0n) is 10.8. The minimum atomic E-state index is -3.75. The Balaban J connectivity index is 2.45. The summed E-state index contributed by atoms with van der Waals surface area (Å²) in [5.41, 5.74) is 1.62. The number of benzene rings is 1. The minimum Gasteiger partial charge on any atom is -0.324 e. The van der Waals surface area contributed by atoms with E-state index >= 15 is 0 Å². The lowest BCUT2D eigenvalue weighted by Gasteiger charge is -2.18. The van der Waals surface area contributed by atoms with Crippen LogP contribution in [-0.4, -0.2) is 25.0 Å². The van der Waals surface area contributed by atoms with Crippen LogP contribution in [0.4, 0.5) is 5.69 Å². The van der Waals surface area contributed by atoms with Crippen LogP contribution in [0.3, 0.4) is 0 Å². The van der Waals surface area contributed by atoms with Crippen LogP contribution in [0, 0.1) is 6.92 Å². The Kier molecular flexibility index (Phi) is 3.56. The summed E-state index contributed by atoms with van der Waals surface area (Å²) in [7, 11) is -0.629. The molecule has 2 rings (SSSR count). The molecule has 5 nitrogen and oxygen atoms in total. The first kappa shape index (κ1) is 13.9. The molecule has 1 aromatic carbocycles. The van der Waals surface area contributed by atoms with E-state index in [0.717, 1.165) is 5.56 Å². The largest absolute Gasteiger partial charge is 0.324 e. The van der Waals surface area contributed by atoms with E-state index < -0.39 is 10.0 Å². The number of imidazole rings is 1. The molecule has 0 aliphatic carbocycles. The molecular formula is C12H14ClN3O2S. The van der Waals surface area contributed by atoms with Gasteiger partial charge in [0, 0.05) is 14.1 Å². The van der Waals surface area contributed by atoms with Crippen molar-refractivity contribution in [3.63, 3.8) is 0 Å². The Hall–Kier alpha value is -1.53. The van der Waals surface area contributed by atoms with E-state index in [2.05, 4.69) is 4.98 Å². The summed E-state index contributed by atoms with van der Waals surface area (Å²) in [6.45, 7) is 1.94. The van der Waals surface area contributed by atoms with Gasteiger partial charge in [-0.05, 0) is 19.1 Å². The van der Waals surface area contributed by atoms with Gasteiger partial charge in [0.05, 0.1) is 12.0 Å². The molecule has 0 radical (unpaired) electrons. The molecule has 0 amide bonds. The van der Waals surface area contributed by atoms with Gasteiger partial charge in [0.15, 0.2) is 0 Å². The van der Waals surface area contributed by atoms with Crippen LogP contribution in [0.2, 0.25) is 5.15 Å². The fourth-order valence-electron chi connectivity index (χ4n) is 1.59. The summed E-state index contributed by atoms with van der Waals surface area (Å²) < 4.78 is 27.5. The number of aryl methyl sites for hydroxylation is 2. The monoisotopic (exact) mass is 299 g/mol. The van der Waals surface area contributed by atoms with E-state index in [1.165, 1.54) is 22.2 Å². The van der Waals surface area contributed by atoms with E-state index in [4.69, 9.17) is 11.6 Å². The number of hydrogen-bond acceptors (Lipinski definition) is 3. The average Bonchev–Trinajstić information content (AvgIpc) is 2.70. The molecule has 0 saturated heterocycles. The first-order valence-electron chi connectivity index (χ1n) is 5.56. The summed E-state index contributed by atoms with van der Waals surface area (Å²) >= 11 is 5.94. The lowest BCUT2D eigenvalue weighted by atomic mass is 10.2. The average molecular weight is 300 g/mol. The van der Waals surface area contributed by atoms with Crippen molar-refractivity contribution >= 4 is 27.3 Å². The standard InChI is InChI=1S/C12H14ClN3O2S/c1-9-4-6-10(7-5-9)16(3)19(17,18)12-11(13)15(2)8-14-12/h4-8H,1-3H3. The second-order valence-corrected chi connectivity index (χ2v) is 6.50. The van der Waals surface area contributed by atoms with Crippen LogP contribution >= 0.6 is 11.6 Å². The highest BCUT2D eigenvalue weighted by atomic mass is 35.5. The van der Waals surface area contributed by atoms with E-state index in [1.54, 1.807) is 19.2 Å². The predicted octanol–water partition coefficient (Wildman–Crippen LogP) is 2.21. The molecule has 0 aliphatic heterocycles. The molecule has 0 unspecified atom stereocenters. The van der Waals surface area contributed by atoms with Crippen molar-refractivity contribution < 1.29 is 8.42 Å². The minimum absolute atomic E-state index is 0.0963. The molecule has 0 bridgehead atoms. The second kappa shape index (κ2) is 4.86. The Labute approximate surface area is 117 Å². The van der Waals surface area contributed by atoms with Gasteiger partial charge in [-0.1, -0.05) is 29.3 Å². The van der Waals surface area contributed by atoms with Gasteiger partial charge in [0.2, 0.25) is 5.03 Å². The number of rotatable bonds is 3. The van der Waals surface area contributed by atoms with Crippen LogP contribution < -0.4 is 4.31 Å². The number of sulfonamides is 1. The highest BCUT2D eigenvalue weighted by Crippen LogP contribution is 2.25. The van der Waals surface area contributed by atoms with Crippen LogP contribution in [-0.2, 0) is 17.1 Å². The first-order chi connectivity index (χ1) is 8.84. The van der Waals surface area contributed by atoms with Crippen molar-refractivity contribution in [3.05, 3.63) is 41.3 Å². The Bertz CT molecular complexity index is 692. The summed E-state index contributed by atoms with van der Waals surface area (Å²) in [5, 5.41) is -0.0429. The van der Waals surface area contributed by atoms with Crippen molar-refractivity contribution in [2.75, 3.05) is 11.4 Å². The smallest absolute Gasteiger partial charge is 0.284 e. The van der Waals surface area contributed by atoms with Crippen LogP contribution in [0.1, 0.15) is 5.56 Å². The van der Waals surface area contributed by atoms with Crippen LogP contribution in [0.25, 0.3) is 0 Å². The lowest BCUT2D eigenvalue weighted by molar-refractivity contribution is 0.591. The van der Waals surface area contributed by atoms with Gasteiger partial charge >= 0.3 is 0 Å². The fraction of sp³-hybridized carbons (Fsp3) is 0.250. The second-order valence-electron chi connectivity index (χ2n) is 4.26. The molecule has 1 aromatic heterocycles. The third-order valence-electron chi connectivity index (χ3n) is 2.84. The van der Waals surface area contributed by atoms with Crippen molar-refractivity contribution in [3.8, 4) is 0 Å². The van der Waals surface area contributed by atoms with Gasteiger partial charge in [-0.25, -0.2) is 4.98 Å². The Morgan fingerprint density at radius 1 is 1.26 bits per heavy atom. The normalized spacial score (nSPS) is 11.6. The van der Waals surface area contributed by atoms with Crippen molar-refractivity contribution in [2.24, 2.45) is 7.05 Å². The van der Waals surface area contributed by atoms with Crippen molar-refractivity contribution in [2.45, 2.75) is 11.9 Å². The molecule has 102 valence electrons. The highest BCUT2D eigenvalue weighted by molar-refractivity contribution is 7.92. The van der Waals surface area contributed by atoms with E-state index in [-0.39, 0.29) is 10.2 Å². The third kappa shape index (κ3) is 2.46. The molecule has 0 atom stereocenters. The number of anilines is 1. The topological polar surface area (TPSA) is 55.2 Å². The number of nitrogens with zero attached hydrogens (tertiary/aromatic N) is 3. The van der Waals surface area contributed by atoms with Crippen LogP contribution in [0.15, 0.2) is 35.6 Å². The molecule has 7 heteroatoms. The molecule has 1 heterocycles. The first-order valence-corrected chi connectivity index (χ1v) is 7.38. The van der Waals surface area contributed by atoms with Gasteiger partial charge in [0.25, 0.3) is 10.0 Å². The molecule has 19 heavy (non-hydrogen) atoms. The molecule has 0 aliphatic rings. The van der Waals surface area contributed by atoms with Gasteiger partial charge in [0.1, 0.15) is 5.15 Å². The zero-order valence-corrected chi connectivity index (χ0v) is 12.4. The fourth-order valence-corrected chi connectivity index (χ4v) is 3.17. The zero-order chi connectivity index (χ0) is 14.2. The molecule has 0 saturated carbocycles. The molecule has 0 fully saturated rings. The summed E-state index contributed by atoms with van der Waals surface area (Å²) in [6.07, 6.45) is 1.37. The highest BCUT2D eigenvalue weighted by Gasteiger charge is 2.27. The lowest BCUT2D eigenvalue weighted by Crippen LogP contribution is -2.27. The number of halogens is 1. The molecule has 0 spiro atoms. The number of aromatic nitrogens is 2. The maximum atomic E-state index is 12.4. The third-order valence-corrected chi connectivity index (χ3v) is 5.11. The van der Waals surface area contributed by atoms with Crippen molar-refractivity contribution in [1.82, 2.24) is 9.55 Å².